The molecule has 14 heteroatoms. The van der Waals surface area contributed by atoms with Gasteiger partial charge in [0.25, 0.3) is 0 Å². The number of benzene rings is 2. The highest BCUT2D eigenvalue weighted by Crippen LogP contribution is 2.65. The van der Waals surface area contributed by atoms with Crippen LogP contribution in [0.3, 0.4) is 0 Å². The molecule has 4 fully saturated rings. The lowest BCUT2D eigenvalue weighted by molar-refractivity contribution is -0.199. The van der Waals surface area contributed by atoms with Crippen LogP contribution in [0.1, 0.15) is 81.9 Å². The molecular formula is C34H44BClF2N2O8. The van der Waals surface area contributed by atoms with Gasteiger partial charge in [-0.1, -0.05) is 31.5 Å². The van der Waals surface area contributed by atoms with Gasteiger partial charge in [0, 0.05) is 5.56 Å². The van der Waals surface area contributed by atoms with Crippen molar-refractivity contribution in [1.82, 2.24) is 5.32 Å². The van der Waals surface area contributed by atoms with E-state index in [1.54, 1.807) is 20.8 Å². The fourth-order valence-corrected chi connectivity index (χ4v) is 7.99. The molecule has 2 unspecified atom stereocenters. The third-order valence-electron chi connectivity index (χ3n) is 10.2. The lowest BCUT2D eigenvalue weighted by Crippen LogP contribution is -2.65. The molecule has 2 aromatic carbocycles. The standard InChI is InChI=1S/C34H44BClF2N2O8/c1-32(2,3)46-31(42)24-19(37)11-10-16(27(24)43-7)12-23(35-47-22-14-17-13-21(33(17,4)5)34(22,6)48-35)40-30(41)26(39)18-15-20(38)28(44-8)29(45-9)25(18)36/h10-11,15,17,21-23,26H,12-14,39H2,1-9H3,(H,40,41)/t17-,21-,22+,23?,26?,34-/m0/s1. The van der Waals surface area contributed by atoms with Crippen LogP contribution in [-0.4, -0.2) is 63.6 Å². The highest BCUT2D eigenvalue weighted by molar-refractivity contribution is 6.48. The normalized spacial score (nSPS) is 25.4. The zero-order chi connectivity index (χ0) is 35.5. The number of carbonyl (C=O) groups is 2. The molecule has 6 rings (SSSR count). The number of nitrogens with one attached hydrogen (secondary N) is 1. The van der Waals surface area contributed by atoms with Crippen molar-refractivity contribution in [3.05, 3.63) is 51.5 Å². The maximum absolute atomic E-state index is 15.2. The molecular weight excluding hydrogens is 649 g/mol. The highest BCUT2D eigenvalue weighted by Gasteiger charge is 2.68. The predicted molar refractivity (Wildman–Crippen MR) is 175 cm³/mol. The summed E-state index contributed by atoms with van der Waals surface area (Å²) in [6.07, 6.45) is 1.55. The Bertz CT molecular complexity index is 1600. The zero-order valence-corrected chi connectivity index (χ0v) is 29.6. The van der Waals surface area contributed by atoms with Gasteiger partial charge in [-0.15, -0.1) is 0 Å². The monoisotopic (exact) mass is 692 g/mol. The number of hydrogen-bond donors (Lipinski definition) is 2. The average Bonchev–Trinajstić information content (AvgIpc) is 3.37. The van der Waals surface area contributed by atoms with Gasteiger partial charge in [-0.25, -0.2) is 13.6 Å². The van der Waals surface area contributed by atoms with E-state index < -0.39 is 53.8 Å². The van der Waals surface area contributed by atoms with Gasteiger partial charge in [0.1, 0.15) is 28.8 Å². The largest absolute Gasteiger partial charge is 0.495 e. The Hall–Kier alpha value is -3.13. The van der Waals surface area contributed by atoms with Gasteiger partial charge in [-0.2, -0.15) is 0 Å². The summed E-state index contributed by atoms with van der Waals surface area (Å²) in [4.78, 5) is 27.0. The molecule has 6 atom stereocenters. The van der Waals surface area contributed by atoms with Crippen molar-refractivity contribution >= 4 is 30.6 Å². The van der Waals surface area contributed by atoms with E-state index in [2.05, 4.69) is 19.2 Å². The molecule has 3 aliphatic carbocycles. The number of amides is 1. The minimum Gasteiger partial charge on any atom is -0.495 e. The van der Waals surface area contributed by atoms with Crippen molar-refractivity contribution in [3.63, 3.8) is 0 Å². The van der Waals surface area contributed by atoms with Crippen LogP contribution in [0, 0.1) is 28.9 Å². The van der Waals surface area contributed by atoms with E-state index in [4.69, 9.17) is 45.6 Å². The Morgan fingerprint density at radius 1 is 1.06 bits per heavy atom. The summed E-state index contributed by atoms with van der Waals surface area (Å²) in [5.41, 5.74) is 4.89. The SMILES string of the molecule is COc1c(F)cc(C(N)C(=O)NC(Cc2ccc(F)c(C(=O)OC(C)(C)C)c2OC)B2O[C@@H]3C[C@@H]4C[C@@H](C4(C)C)[C@]3(C)O2)c(Cl)c1OC. The van der Waals surface area contributed by atoms with Gasteiger partial charge < -0.3 is 39.3 Å². The van der Waals surface area contributed by atoms with Crippen molar-refractivity contribution < 1.29 is 46.6 Å². The number of carbonyl (C=O) groups excluding carboxylic acids is 2. The van der Waals surface area contributed by atoms with Gasteiger partial charge in [0.05, 0.1) is 44.0 Å². The van der Waals surface area contributed by atoms with Crippen molar-refractivity contribution in [2.45, 2.75) is 90.1 Å². The molecule has 1 aliphatic heterocycles. The first kappa shape index (κ1) is 36.2. The van der Waals surface area contributed by atoms with Gasteiger partial charge in [-0.05, 0) is 81.9 Å². The van der Waals surface area contributed by atoms with E-state index in [0.29, 0.717) is 11.5 Å². The Morgan fingerprint density at radius 3 is 2.29 bits per heavy atom. The van der Waals surface area contributed by atoms with E-state index >= 15 is 4.39 Å². The van der Waals surface area contributed by atoms with Crippen LogP contribution in [0.15, 0.2) is 18.2 Å². The Morgan fingerprint density at radius 2 is 1.71 bits per heavy atom. The number of hydrogen-bond acceptors (Lipinski definition) is 9. The molecule has 0 spiro atoms. The summed E-state index contributed by atoms with van der Waals surface area (Å²) >= 11 is 6.52. The number of esters is 1. The average molecular weight is 693 g/mol. The second-order valence-corrected chi connectivity index (χ2v) is 15.0. The van der Waals surface area contributed by atoms with Crippen LogP contribution in [0.2, 0.25) is 5.02 Å². The van der Waals surface area contributed by atoms with Crippen LogP contribution in [0.5, 0.6) is 17.2 Å². The molecule has 0 aromatic heterocycles. The number of methoxy groups -OCH3 is 3. The van der Waals surface area contributed by atoms with E-state index in [9.17, 15) is 14.0 Å². The van der Waals surface area contributed by atoms with Crippen LogP contribution < -0.4 is 25.3 Å². The van der Waals surface area contributed by atoms with Crippen LogP contribution in [-0.2, 0) is 25.3 Å². The first-order valence-corrected chi connectivity index (χ1v) is 16.3. The Balaban J connectivity index is 1.51. The maximum atomic E-state index is 15.2. The lowest BCUT2D eigenvalue weighted by Gasteiger charge is -2.64. The molecule has 2 bridgehead atoms. The quantitative estimate of drug-likeness (QED) is 0.242. The summed E-state index contributed by atoms with van der Waals surface area (Å²) < 4.78 is 64.7. The summed E-state index contributed by atoms with van der Waals surface area (Å²) in [7, 11) is 2.91. The minimum absolute atomic E-state index is 0.0172. The molecule has 1 saturated heterocycles. The van der Waals surface area contributed by atoms with E-state index in [1.807, 2.05) is 6.92 Å². The summed E-state index contributed by atoms with van der Waals surface area (Å²) in [5, 5.41) is 2.82. The zero-order valence-electron chi connectivity index (χ0n) is 28.8. The van der Waals surface area contributed by atoms with E-state index in [1.165, 1.54) is 27.4 Å². The maximum Gasteiger partial charge on any atom is 0.482 e. The fraction of sp³-hybridized carbons (Fsp3) is 0.588. The molecule has 10 nitrogen and oxygen atoms in total. The molecule has 0 radical (unpaired) electrons. The summed E-state index contributed by atoms with van der Waals surface area (Å²) in [6, 6.07) is 2.17. The molecule has 3 N–H and O–H groups in total. The summed E-state index contributed by atoms with van der Waals surface area (Å²) in [6.45, 7) is 11.5. The minimum atomic E-state index is -1.45. The highest BCUT2D eigenvalue weighted by atomic mass is 35.5. The van der Waals surface area contributed by atoms with E-state index in [0.717, 1.165) is 25.0 Å². The molecule has 1 amide bonds. The van der Waals surface area contributed by atoms with Gasteiger partial charge in [0.15, 0.2) is 17.3 Å². The van der Waals surface area contributed by atoms with Gasteiger partial charge in [-0.3, -0.25) is 4.79 Å². The number of rotatable bonds is 10. The van der Waals surface area contributed by atoms with Crippen LogP contribution in [0.4, 0.5) is 8.78 Å². The molecule has 4 aliphatic rings. The van der Waals surface area contributed by atoms with Gasteiger partial charge in [0.2, 0.25) is 5.91 Å². The molecule has 2 aromatic rings. The van der Waals surface area contributed by atoms with Crippen molar-refractivity contribution in [2.24, 2.45) is 23.0 Å². The molecule has 1 heterocycles. The topological polar surface area (TPSA) is 128 Å². The second-order valence-electron chi connectivity index (χ2n) is 14.6. The number of ether oxygens (including phenoxy) is 4. The van der Waals surface area contributed by atoms with Crippen LogP contribution in [0.25, 0.3) is 0 Å². The van der Waals surface area contributed by atoms with Crippen molar-refractivity contribution in [3.8, 4) is 17.2 Å². The molecule has 262 valence electrons. The van der Waals surface area contributed by atoms with Crippen LogP contribution >= 0.6 is 11.6 Å². The summed E-state index contributed by atoms with van der Waals surface area (Å²) in [5.74, 6) is -3.88. The second kappa shape index (κ2) is 13.0. The predicted octanol–water partition coefficient (Wildman–Crippen LogP) is 5.59. The smallest absolute Gasteiger partial charge is 0.482 e. The Kier molecular flexibility index (Phi) is 9.77. The first-order chi connectivity index (χ1) is 22.4. The van der Waals surface area contributed by atoms with E-state index in [-0.39, 0.29) is 57.3 Å². The van der Waals surface area contributed by atoms with Gasteiger partial charge >= 0.3 is 13.1 Å². The third kappa shape index (κ3) is 6.23. The number of halogens is 3. The molecule has 3 saturated carbocycles. The molecule has 48 heavy (non-hydrogen) atoms. The fourth-order valence-electron chi connectivity index (χ4n) is 7.66. The lowest BCUT2D eigenvalue weighted by atomic mass is 9.43. The Labute approximate surface area is 285 Å². The number of nitrogens with two attached hydrogens (primary N) is 1. The van der Waals surface area contributed by atoms with Crippen molar-refractivity contribution in [1.29, 1.82) is 0 Å². The van der Waals surface area contributed by atoms with Crippen molar-refractivity contribution in [2.75, 3.05) is 21.3 Å². The first-order valence-electron chi connectivity index (χ1n) is 16.0. The third-order valence-corrected chi connectivity index (χ3v) is 10.6.